The Balaban J connectivity index is 2.01. The molecule has 0 radical (unpaired) electrons. The Bertz CT molecular complexity index is 1060. The van der Waals surface area contributed by atoms with Gasteiger partial charge in [0.05, 0.1) is 27.2 Å². The molecule has 0 aliphatic rings. The molecule has 3 aromatic rings. The Morgan fingerprint density at radius 3 is 2.62 bits per heavy atom. The van der Waals surface area contributed by atoms with E-state index >= 15 is 0 Å². The number of para-hydroxylation sites is 1. The molecule has 3 rings (SSSR count). The SMILES string of the molecule is N#CC(=Cc1ccc(-c2ccccc2[N+](=O)[O-])o1)c1ccc(Cl)cc1Cl. The molecule has 7 heteroatoms. The van der Waals surface area contributed by atoms with Crippen molar-refractivity contribution in [2.45, 2.75) is 0 Å². The van der Waals surface area contributed by atoms with Gasteiger partial charge in [-0.15, -0.1) is 0 Å². The molecule has 26 heavy (non-hydrogen) atoms. The fourth-order valence-corrected chi connectivity index (χ4v) is 2.95. The maximum absolute atomic E-state index is 11.2. The zero-order valence-corrected chi connectivity index (χ0v) is 14.7. The Kier molecular flexibility index (Phi) is 5.08. The number of benzene rings is 2. The first-order valence-electron chi connectivity index (χ1n) is 7.40. The summed E-state index contributed by atoms with van der Waals surface area (Å²) >= 11 is 12.0. The van der Waals surface area contributed by atoms with Crippen molar-refractivity contribution < 1.29 is 9.34 Å². The van der Waals surface area contributed by atoms with E-state index in [0.717, 1.165) is 0 Å². The molecule has 0 saturated carbocycles. The molecule has 0 fully saturated rings. The largest absolute Gasteiger partial charge is 0.456 e. The van der Waals surface area contributed by atoms with Crippen LogP contribution >= 0.6 is 23.2 Å². The van der Waals surface area contributed by atoms with E-state index in [9.17, 15) is 15.4 Å². The molecule has 1 heterocycles. The van der Waals surface area contributed by atoms with Crippen LogP contribution in [0.4, 0.5) is 5.69 Å². The van der Waals surface area contributed by atoms with Crippen LogP contribution in [0.5, 0.6) is 0 Å². The third kappa shape index (κ3) is 3.62. The maximum Gasteiger partial charge on any atom is 0.280 e. The minimum Gasteiger partial charge on any atom is -0.456 e. The first-order chi connectivity index (χ1) is 12.5. The minimum atomic E-state index is -0.471. The van der Waals surface area contributed by atoms with Crippen molar-refractivity contribution in [2.24, 2.45) is 0 Å². The van der Waals surface area contributed by atoms with E-state index in [-0.39, 0.29) is 11.3 Å². The molecule has 0 bridgehead atoms. The number of nitriles is 1. The summed E-state index contributed by atoms with van der Waals surface area (Å²) in [5, 5.41) is 21.4. The predicted molar refractivity (Wildman–Crippen MR) is 101 cm³/mol. The van der Waals surface area contributed by atoms with E-state index in [0.29, 0.717) is 32.7 Å². The Morgan fingerprint density at radius 2 is 1.92 bits per heavy atom. The third-order valence-electron chi connectivity index (χ3n) is 3.62. The molecule has 0 amide bonds. The molecule has 0 aliphatic carbocycles. The van der Waals surface area contributed by atoms with Crippen LogP contribution in [0.15, 0.2) is 59.0 Å². The normalized spacial score (nSPS) is 11.2. The van der Waals surface area contributed by atoms with Crippen molar-refractivity contribution in [1.29, 1.82) is 5.26 Å². The van der Waals surface area contributed by atoms with E-state index in [1.165, 1.54) is 12.1 Å². The zero-order valence-electron chi connectivity index (χ0n) is 13.1. The fourth-order valence-electron chi connectivity index (χ4n) is 2.44. The first-order valence-corrected chi connectivity index (χ1v) is 8.16. The molecule has 0 spiro atoms. The van der Waals surface area contributed by atoms with Gasteiger partial charge >= 0.3 is 0 Å². The summed E-state index contributed by atoms with van der Waals surface area (Å²) in [5.41, 5.74) is 1.11. The summed E-state index contributed by atoms with van der Waals surface area (Å²) in [6.45, 7) is 0. The summed E-state index contributed by atoms with van der Waals surface area (Å²) in [7, 11) is 0. The molecule has 0 aliphatic heterocycles. The summed E-state index contributed by atoms with van der Waals surface area (Å²) in [6, 6.07) is 16.4. The van der Waals surface area contributed by atoms with E-state index in [1.807, 2.05) is 0 Å². The van der Waals surface area contributed by atoms with Crippen molar-refractivity contribution in [3.63, 3.8) is 0 Å². The first kappa shape index (κ1) is 17.7. The van der Waals surface area contributed by atoms with Crippen LogP contribution in [0.25, 0.3) is 23.0 Å². The molecular formula is C19H10Cl2N2O3. The van der Waals surface area contributed by atoms with Crippen LogP contribution in [0.2, 0.25) is 10.0 Å². The molecule has 1 aromatic heterocycles. The van der Waals surface area contributed by atoms with Crippen molar-refractivity contribution in [2.75, 3.05) is 0 Å². The predicted octanol–water partition coefficient (Wildman–Crippen LogP) is 6.23. The third-order valence-corrected chi connectivity index (χ3v) is 4.17. The van der Waals surface area contributed by atoms with Gasteiger partial charge in [-0.3, -0.25) is 10.1 Å². The van der Waals surface area contributed by atoms with Gasteiger partial charge in [-0.1, -0.05) is 41.4 Å². The Labute approximate surface area is 158 Å². The molecule has 0 saturated heterocycles. The molecule has 5 nitrogen and oxygen atoms in total. The lowest BCUT2D eigenvalue weighted by molar-refractivity contribution is -0.384. The van der Waals surface area contributed by atoms with Gasteiger partial charge in [0, 0.05) is 16.7 Å². The van der Waals surface area contributed by atoms with Crippen LogP contribution in [0.1, 0.15) is 11.3 Å². The Hall–Kier alpha value is -3.07. The second kappa shape index (κ2) is 7.44. The molecule has 2 aromatic carbocycles. The van der Waals surface area contributed by atoms with Crippen molar-refractivity contribution in [3.05, 3.63) is 86.1 Å². The summed E-state index contributed by atoms with van der Waals surface area (Å²) in [4.78, 5) is 10.7. The number of hydrogen-bond acceptors (Lipinski definition) is 4. The highest BCUT2D eigenvalue weighted by atomic mass is 35.5. The van der Waals surface area contributed by atoms with Crippen molar-refractivity contribution >= 4 is 40.5 Å². The number of halogens is 2. The van der Waals surface area contributed by atoms with Crippen molar-refractivity contribution in [1.82, 2.24) is 0 Å². The summed E-state index contributed by atoms with van der Waals surface area (Å²) < 4.78 is 5.68. The summed E-state index contributed by atoms with van der Waals surface area (Å²) in [6.07, 6.45) is 1.52. The average Bonchev–Trinajstić information content (AvgIpc) is 3.08. The van der Waals surface area contributed by atoms with Gasteiger partial charge < -0.3 is 4.42 Å². The minimum absolute atomic E-state index is 0.0568. The number of rotatable bonds is 4. The van der Waals surface area contributed by atoms with E-state index in [1.54, 1.807) is 48.5 Å². The number of hydrogen-bond donors (Lipinski definition) is 0. The highest BCUT2D eigenvalue weighted by molar-refractivity contribution is 6.36. The van der Waals surface area contributed by atoms with Crippen molar-refractivity contribution in [3.8, 4) is 17.4 Å². The summed E-state index contributed by atoms with van der Waals surface area (Å²) in [5.74, 6) is 0.712. The molecule has 0 unspecified atom stereocenters. The lowest BCUT2D eigenvalue weighted by atomic mass is 10.1. The van der Waals surface area contributed by atoms with Crippen LogP contribution in [-0.2, 0) is 0 Å². The zero-order chi connectivity index (χ0) is 18.7. The number of nitrogens with zero attached hydrogens (tertiary/aromatic N) is 2. The molecular weight excluding hydrogens is 375 g/mol. The lowest BCUT2D eigenvalue weighted by Crippen LogP contribution is -1.90. The van der Waals surface area contributed by atoms with Crippen LogP contribution in [-0.4, -0.2) is 4.92 Å². The van der Waals surface area contributed by atoms with Gasteiger partial charge in [0.1, 0.15) is 11.5 Å². The van der Waals surface area contributed by atoms with Crippen LogP contribution in [0.3, 0.4) is 0 Å². The van der Waals surface area contributed by atoms with Crippen LogP contribution < -0.4 is 0 Å². The van der Waals surface area contributed by atoms with E-state index < -0.39 is 4.92 Å². The Morgan fingerprint density at radius 1 is 1.15 bits per heavy atom. The van der Waals surface area contributed by atoms with Crippen LogP contribution in [0, 0.1) is 21.4 Å². The quantitative estimate of drug-likeness (QED) is 0.303. The van der Waals surface area contributed by atoms with Gasteiger partial charge in [-0.25, -0.2) is 0 Å². The van der Waals surface area contributed by atoms with E-state index in [4.69, 9.17) is 27.6 Å². The number of furan rings is 1. The average molecular weight is 385 g/mol. The van der Waals surface area contributed by atoms with Gasteiger partial charge in [0.2, 0.25) is 0 Å². The second-order valence-electron chi connectivity index (χ2n) is 5.27. The standard InChI is InChI=1S/C19H10Cl2N2O3/c20-13-5-7-15(17(21)10-13)12(11-22)9-14-6-8-19(26-14)16-3-1-2-4-18(16)23(24)25/h1-10H. The lowest BCUT2D eigenvalue weighted by Gasteiger charge is -2.02. The number of nitro groups is 1. The maximum atomic E-state index is 11.2. The number of allylic oxidation sites excluding steroid dienone is 1. The smallest absolute Gasteiger partial charge is 0.280 e. The van der Waals surface area contributed by atoms with Gasteiger partial charge in [0.25, 0.3) is 5.69 Å². The second-order valence-corrected chi connectivity index (χ2v) is 6.11. The van der Waals surface area contributed by atoms with Gasteiger partial charge in [-0.05, 0) is 36.4 Å². The van der Waals surface area contributed by atoms with Gasteiger partial charge in [0.15, 0.2) is 0 Å². The molecule has 128 valence electrons. The molecule has 0 atom stereocenters. The number of nitro benzene ring substituents is 1. The van der Waals surface area contributed by atoms with Gasteiger partial charge in [-0.2, -0.15) is 5.26 Å². The fraction of sp³-hybridized carbons (Fsp3) is 0. The van der Waals surface area contributed by atoms with E-state index in [2.05, 4.69) is 6.07 Å². The highest BCUT2D eigenvalue weighted by Gasteiger charge is 2.17. The highest BCUT2D eigenvalue weighted by Crippen LogP contribution is 2.33. The monoisotopic (exact) mass is 384 g/mol. The molecule has 0 N–H and O–H groups in total. The topological polar surface area (TPSA) is 80.1 Å².